The molecule has 0 saturated heterocycles. The minimum Gasteiger partial charge on any atom is -0.298 e. The van der Waals surface area contributed by atoms with Crippen LogP contribution in [0.1, 0.15) is 5.56 Å². The van der Waals surface area contributed by atoms with Gasteiger partial charge in [0.1, 0.15) is 0 Å². The van der Waals surface area contributed by atoms with Gasteiger partial charge >= 0.3 is 0 Å². The monoisotopic (exact) mass is 263 g/mol. The van der Waals surface area contributed by atoms with Gasteiger partial charge in [-0.15, -0.1) is 0 Å². The quantitative estimate of drug-likeness (QED) is 0.764. The maximum Gasteiger partial charge on any atom is 0.251 e. The minimum absolute atomic E-state index is 0.00762. The van der Waals surface area contributed by atoms with Crippen LogP contribution in [0.15, 0.2) is 57.9 Å². The third kappa shape index (κ3) is 2.36. The number of nitrogens with zero attached hydrogens (tertiary/aromatic N) is 1. The molecule has 0 N–H and O–H groups in total. The standard InChI is InChI=1S/C12H10BrNO/c13-11-7-4-8-12(15)14(11)9-10-5-2-1-3-6-10/h1-8H,9H2. The zero-order valence-corrected chi connectivity index (χ0v) is 9.65. The second kappa shape index (κ2) is 4.45. The Morgan fingerprint density at radius 1 is 1.00 bits per heavy atom. The first kappa shape index (κ1) is 10.2. The first-order chi connectivity index (χ1) is 7.27. The van der Waals surface area contributed by atoms with Gasteiger partial charge in [0.05, 0.1) is 11.1 Å². The van der Waals surface area contributed by atoms with E-state index in [2.05, 4.69) is 15.9 Å². The number of hydrogen-bond acceptors (Lipinski definition) is 1. The highest BCUT2D eigenvalue weighted by atomic mass is 79.9. The molecule has 2 rings (SSSR count). The van der Waals surface area contributed by atoms with Crippen molar-refractivity contribution in [1.82, 2.24) is 4.57 Å². The van der Waals surface area contributed by atoms with Crippen LogP contribution < -0.4 is 5.56 Å². The topological polar surface area (TPSA) is 22.0 Å². The highest BCUT2D eigenvalue weighted by molar-refractivity contribution is 9.10. The predicted molar refractivity (Wildman–Crippen MR) is 63.9 cm³/mol. The summed E-state index contributed by atoms with van der Waals surface area (Å²) in [5.74, 6) is 0. The fourth-order valence-corrected chi connectivity index (χ4v) is 1.87. The van der Waals surface area contributed by atoms with Gasteiger partial charge in [0.25, 0.3) is 5.56 Å². The lowest BCUT2D eigenvalue weighted by atomic mass is 10.2. The maximum absolute atomic E-state index is 11.6. The molecular weight excluding hydrogens is 254 g/mol. The van der Waals surface area contributed by atoms with Crippen molar-refractivity contribution in [3.63, 3.8) is 0 Å². The lowest BCUT2D eigenvalue weighted by molar-refractivity contribution is 0.740. The summed E-state index contributed by atoms with van der Waals surface area (Å²) in [5, 5.41) is 0. The highest BCUT2D eigenvalue weighted by Crippen LogP contribution is 2.09. The van der Waals surface area contributed by atoms with Crippen molar-refractivity contribution in [3.8, 4) is 0 Å². The normalized spacial score (nSPS) is 10.2. The molecular formula is C12H10BrNO. The number of pyridine rings is 1. The van der Waals surface area contributed by atoms with E-state index in [0.29, 0.717) is 6.54 Å². The van der Waals surface area contributed by atoms with E-state index in [1.165, 1.54) is 0 Å². The van der Waals surface area contributed by atoms with Crippen molar-refractivity contribution in [2.45, 2.75) is 6.54 Å². The molecule has 3 heteroatoms. The molecule has 0 bridgehead atoms. The van der Waals surface area contributed by atoms with Gasteiger partial charge in [0.15, 0.2) is 0 Å². The minimum atomic E-state index is 0.00762. The van der Waals surface area contributed by atoms with E-state index in [-0.39, 0.29) is 5.56 Å². The summed E-state index contributed by atoms with van der Waals surface area (Å²) < 4.78 is 2.49. The predicted octanol–water partition coefficient (Wildman–Crippen LogP) is 2.66. The van der Waals surface area contributed by atoms with E-state index in [4.69, 9.17) is 0 Å². The molecule has 2 aromatic rings. The van der Waals surface area contributed by atoms with Crippen LogP contribution in [-0.2, 0) is 6.54 Å². The Kier molecular flexibility index (Phi) is 3.02. The van der Waals surface area contributed by atoms with Crippen molar-refractivity contribution in [3.05, 3.63) is 69.1 Å². The van der Waals surface area contributed by atoms with Crippen LogP contribution in [0, 0.1) is 0 Å². The second-order valence-corrected chi connectivity index (χ2v) is 4.07. The molecule has 0 fully saturated rings. The molecule has 0 aliphatic rings. The van der Waals surface area contributed by atoms with Crippen molar-refractivity contribution in [2.24, 2.45) is 0 Å². The molecule has 0 spiro atoms. The van der Waals surface area contributed by atoms with E-state index >= 15 is 0 Å². The van der Waals surface area contributed by atoms with Crippen LogP contribution in [0.25, 0.3) is 0 Å². The van der Waals surface area contributed by atoms with Crippen LogP contribution in [0.2, 0.25) is 0 Å². The van der Waals surface area contributed by atoms with Gasteiger partial charge in [-0.1, -0.05) is 36.4 Å². The zero-order valence-electron chi connectivity index (χ0n) is 8.06. The van der Waals surface area contributed by atoms with Crippen LogP contribution in [-0.4, -0.2) is 4.57 Å². The van der Waals surface area contributed by atoms with Crippen molar-refractivity contribution >= 4 is 15.9 Å². The molecule has 0 saturated carbocycles. The molecule has 0 atom stereocenters. The molecule has 0 unspecified atom stereocenters. The zero-order chi connectivity index (χ0) is 10.7. The van der Waals surface area contributed by atoms with Gasteiger partial charge in [-0.25, -0.2) is 0 Å². The fraction of sp³-hybridized carbons (Fsp3) is 0.0833. The van der Waals surface area contributed by atoms with Crippen molar-refractivity contribution < 1.29 is 0 Å². The van der Waals surface area contributed by atoms with Crippen LogP contribution in [0.5, 0.6) is 0 Å². The number of aromatic nitrogens is 1. The van der Waals surface area contributed by atoms with Gasteiger partial charge in [-0.05, 0) is 27.6 Å². The van der Waals surface area contributed by atoms with Gasteiger partial charge in [0, 0.05) is 6.07 Å². The molecule has 0 aliphatic carbocycles. The lowest BCUT2D eigenvalue weighted by Gasteiger charge is -2.07. The molecule has 0 radical (unpaired) electrons. The molecule has 0 aliphatic heterocycles. The Bertz CT molecular complexity index is 505. The highest BCUT2D eigenvalue weighted by Gasteiger charge is 2.00. The summed E-state index contributed by atoms with van der Waals surface area (Å²) in [4.78, 5) is 11.6. The Morgan fingerprint density at radius 2 is 1.73 bits per heavy atom. The Labute approximate surface area is 96.3 Å². The van der Waals surface area contributed by atoms with E-state index in [9.17, 15) is 4.79 Å². The summed E-state index contributed by atoms with van der Waals surface area (Å²) in [6, 6.07) is 15.1. The molecule has 1 heterocycles. The van der Waals surface area contributed by atoms with Crippen LogP contribution in [0.3, 0.4) is 0 Å². The second-order valence-electron chi connectivity index (χ2n) is 3.26. The number of benzene rings is 1. The molecule has 1 aromatic carbocycles. The largest absolute Gasteiger partial charge is 0.298 e. The molecule has 2 nitrogen and oxygen atoms in total. The van der Waals surface area contributed by atoms with Gasteiger partial charge in [-0.3, -0.25) is 9.36 Å². The van der Waals surface area contributed by atoms with E-state index in [1.54, 1.807) is 16.7 Å². The summed E-state index contributed by atoms with van der Waals surface area (Å²) >= 11 is 3.37. The summed E-state index contributed by atoms with van der Waals surface area (Å²) in [5.41, 5.74) is 1.12. The van der Waals surface area contributed by atoms with E-state index in [1.807, 2.05) is 36.4 Å². The average Bonchev–Trinajstić information content (AvgIpc) is 2.25. The smallest absolute Gasteiger partial charge is 0.251 e. The number of rotatable bonds is 2. The van der Waals surface area contributed by atoms with Crippen molar-refractivity contribution in [1.29, 1.82) is 0 Å². The SMILES string of the molecule is O=c1cccc(Br)n1Cc1ccccc1. The summed E-state index contributed by atoms with van der Waals surface area (Å²) in [6.07, 6.45) is 0. The van der Waals surface area contributed by atoms with E-state index in [0.717, 1.165) is 10.2 Å². The Hall–Kier alpha value is -1.35. The van der Waals surface area contributed by atoms with Gasteiger partial charge < -0.3 is 0 Å². The lowest BCUT2D eigenvalue weighted by Crippen LogP contribution is -2.19. The van der Waals surface area contributed by atoms with E-state index < -0.39 is 0 Å². The van der Waals surface area contributed by atoms with Gasteiger partial charge in [-0.2, -0.15) is 0 Å². The molecule has 15 heavy (non-hydrogen) atoms. The first-order valence-corrected chi connectivity index (χ1v) is 5.46. The summed E-state index contributed by atoms with van der Waals surface area (Å²) in [6.45, 7) is 0.598. The first-order valence-electron chi connectivity index (χ1n) is 4.66. The fourth-order valence-electron chi connectivity index (χ4n) is 1.41. The number of hydrogen-bond donors (Lipinski definition) is 0. The van der Waals surface area contributed by atoms with Gasteiger partial charge in [0.2, 0.25) is 0 Å². The Morgan fingerprint density at radius 3 is 2.40 bits per heavy atom. The molecule has 1 aromatic heterocycles. The molecule has 76 valence electrons. The molecule has 0 amide bonds. The van der Waals surface area contributed by atoms with Crippen LogP contribution >= 0.6 is 15.9 Å². The average molecular weight is 264 g/mol. The number of halogens is 1. The van der Waals surface area contributed by atoms with Crippen molar-refractivity contribution in [2.75, 3.05) is 0 Å². The third-order valence-electron chi connectivity index (χ3n) is 2.18. The Balaban J connectivity index is 2.37. The third-order valence-corrected chi connectivity index (χ3v) is 2.87. The summed E-state index contributed by atoms with van der Waals surface area (Å²) in [7, 11) is 0. The maximum atomic E-state index is 11.6. The van der Waals surface area contributed by atoms with Crippen LogP contribution in [0.4, 0.5) is 0 Å².